The van der Waals surface area contributed by atoms with Crippen LogP contribution < -0.4 is 0 Å². The fourth-order valence-corrected chi connectivity index (χ4v) is 5.79. The van der Waals surface area contributed by atoms with Crippen molar-refractivity contribution in [2.24, 2.45) is 23.2 Å². The SMILES string of the molecule is Cc1cccc(C(=O)OCC(=O)C23CC4CC(CC(C4)C2)C3)c1C. The lowest BCUT2D eigenvalue weighted by Crippen LogP contribution is -2.51. The molecule has 5 rings (SSSR count). The number of hydrogen-bond acceptors (Lipinski definition) is 3. The molecule has 0 amide bonds. The van der Waals surface area contributed by atoms with Crippen molar-refractivity contribution in [1.82, 2.24) is 0 Å². The lowest BCUT2D eigenvalue weighted by molar-refractivity contribution is -0.147. The second kappa shape index (κ2) is 5.72. The van der Waals surface area contributed by atoms with Gasteiger partial charge in [0.1, 0.15) is 0 Å². The van der Waals surface area contributed by atoms with Crippen LogP contribution >= 0.6 is 0 Å². The highest BCUT2D eigenvalue weighted by molar-refractivity contribution is 5.94. The van der Waals surface area contributed by atoms with Gasteiger partial charge in [-0.25, -0.2) is 4.79 Å². The van der Waals surface area contributed by atoms with Crippen LogP contribution in [0.1, 0.15) is 60.0 Å². The molecule has 3 nitrogen and oxygen atoms in total. The Morgan fingerprint density at radius 1 is 1.04 bits per heavy atom. The first-order chi connectivity index (χ1) is 11.5. The Labute approximate surface area is 143 Å². The van der Waals surface area contributed by atoms with Gasteiger partial charge in [0, 0.05) is 5.41 Å². The minimum atomic E-state index is -0.366. The number of Topliss-reactive ketones (excluding diaryl/α,β-unsaturated/α-hetero) is 1. The van der Waals surface area contributed by atoms with E-state index < -0.39 is 0 Å². The van der Waals surface area contributed by atoms with Crippen LogP contribution in [0.3, 0.4) is 0 Å². The van der Waals surface area contributed by atoms with Gasteiger partial charge in [0.25, 0.3) is 0 Å². The summed E-state index contributed by atoms with van der Waals surface area (Å²) in [7, 11) is 0. The molecule has 0 saturated heterocycles. The van der Waals surface area contributed by atoms with Crippen molar-refractivity contribution in [3.05, 3.63) is 34.9 Å². The van der Waals surface area contributed by atoms with E-state index in [9.17, 15) is 9.59 Å². The van der Waals surface area contributed by atoms with Crippen molar-refractivity contribution in [2.75, 3.05) is 6.61 Å². The average Bonchev–Trinajstić information content (AvgIpc) is 2.53. The third-order valence-corrected chi connectivity index (χ3v) is 6.79. The first-order valence-electron chi connectivity index (χ1n) is 9.23. The predicted octanol–water partition coefficient (Wildman–Crippen LogP) is 4.25. The molecule has 0 spiro atoms. The molecule has 1 aromatic carbocycles. The lowest BCUT2D eigenvalue weighted by atomic mass is 9.48. The third-order valence-electron chi connectivity index (χ3n) is 6.79. The molecular formula is C21H26O3. The molecule has 4 saturated carbocycles. The smallest absolute Gasteiger partial charge is 0.338 e. The van der Waals surface area contributed by atoms with E-state index in [0.717, 1.165) is 48.1 Å². The average molecular weight is 326 g/mol. The van der Waals surface area contributed by atoms with E-state index >= 15 is 0 Å². The second-order valence-electron chi connectivity index (χ2n) is 8.44. The molecule has 0 aromatic heterocycles. The highest BCUT2D eigenvalue weighted by Crippen LogP contribution is 2.60. The van der Waals surface area contributed by atoms with E-state index in [1.54, 1.807) is 6.07 Å². The summed E-state index contributed by atoms with van der Waals surface area (Å²) < 4.78 is 5.43. The summed E-state index contributed by atoms with van der Waals surface area (Å²) in [6.45, 7) is 3.85. The topological polar surface area (TPSA) is 43.4 Å². The molecule has 0 aliphatic heterocycles. The molecule has 4 bridgehead atoms. The fourth-order valence-electron chi connectivity index (χ4n) is 5.79. The minimum absolute atomic E-state index is 0.0572. The highest BCUT2D eigenvalue weighted by Gasteiger charge is 2.54. The van der Waals surface area contributed by atoms with Gasteiger partial charge in [-0.2, -0.15) is 0 Å². The number of carbonyl (C=O) groups excluding carboxylic acids is 2. The molecule has 4 aliphatic carbocycles. The van der Waals surface area contributed by atoms with Gasteiger partial charge in [-0.3, -0.25) is 4.79 Å². The molecule has 3 heteroatoms. The zero-order valence-electron chi connectivity index (χ0n) is 14.6. The monoisotopic (exact) mass is 326 g/mol. The van der Waals surface area contributed by atoms with Gasteiger partial charge in [0.15, 0.2) is 12.4 Å². The summed E-state index contributed by atoms with van der Waals surface area (Å²) in [5, 5.41) is 0. The van der Waals surface area contributed by atoms with Crippen LogP contribution in [0.15, 0.2) is 18.2 Å². The Kier molecular flexibility index (Phi) is 3.78. The first kappa shape index (κ1) is 15.9. The van der Waals surface area contributed by atoms with Gasteiger partial charge in [0.05, 0.1) is 5.56 Å². The second-order valence-corrected chi connectivity index (χ2v) is 8.44. The third kappa shape index (κ3) is 2.58. The summed E-state index contributed by atoms with van der Waals surface area (Å²) in [4.78, 5) is 25.3. The zero-order chi connectivity index (χ0) is 16.9. The summed E-state index contributed by atoms with van der Waals surface area (Å²) >= 11 is 0. The largest absolute Gasteiger partial charge is 0.454 e. The van der Waals surface area contributed by atoms with Crippen molar-refractivity contribution in [3.63, 3.8) is 0 Å². The fraction of sp³-hybridized carbons (Fsp3) is 0.619. The zero-order valence-corrected chi connectivity index (χ0v) is 14.6. The summed E-state index contributed by atoms with van der Waals surface area (Å²) in [6, 6.07) is 5.62. The molecular weight excluding hydrogens is 300 g/mol. The van der Waals surface area contributed by atoms with Crippen LogP contribution in [0.4, 0.5) is 0 Å². The van der Waals surface area contributed by atoms with E-state index in [-0.39, 0.29) is 23.8 Å². The summed E-state index contributed by atoms with van der Waals surface area (Å²) in [5.41, 5.74) is 2.39. The Hall–Kier alpha value is -1.64. The minimum Gasteiger partial charge on any atom is -0.454 e. The van der Waals surface area contributed by atoms with E-state index in [4.69, 9.17) is 4.74 Å². The van der Waals surface area contributed by atoms with Crippen molar-refractivity contribution in [1.29, 1.82) is 0 Å². The van der Waals surface area contributed by atoms with Gasteiger partial charge in [-0.1, -0.05) is 12.1 Å². The number of rotatable bonds is 4. The molecule has 0 atom stereocenters. The number of benzene rings is 1. The molecule has 24 heavy (non-hydrogen) atoms. The molecule has 4 fully saturated rings. The summed E-state index contributed by atoms with van der Waals surface area (Å²) in [5.74, 6) is 1.99. The highest BCUT2D eigenvalue weighted by atomic mass is 16.5. The van der Waals surface area contributed by atoms with E-state index in [1.807, 2.05) is 26.0 Å². The maximum atomic E-state index is 12.9. The van der Waals surface area contributed by atoms with E-state index in [0.29, 0.717) is 5.56 Å². The first-order valence-corrected chi connectivity index (χ1v) is 9.23. The standard InChI is InChI=1S/C21H26O3/c1-13-4-3-5-18(14(13)2)20(23)24-12-19(22)21-9-15-6-16(10-21)8-17(7-15)11-21/h3-5,15-17H,6-12H2,1-2H3. The number of carbonyl (C=O) groups is 2. The molecule has 0 radical (unpaired) electrons. The predicted molar refractivity (Wildman–Crippen MR) is 91.8 cm³/mol. The van der Waals surface area contributed by atoms with Gasteiger partial charge in [0.2, 0.25) is 0 Å². The van der Waals surface area contributed by atoms with Crippen molar-refractivity contribution >= 4 is 11.8 Å². The molecule has 4 aliphatic rings. The number of hydrogen-bond donors (Lipinski definition) is 0. The number of ether oxygens (including phenoxy) is 1. The normalized spacial score (nSPS) is 33.5. The molecule has 0 unspecified atom stereocenters. The number of ketones is 1. The maximum absolute atomic E-state index is 12.9. The quantitative estimate of drug-likeness (QED) is 0.777. The van der Waals surface area contributed by atoms with Crippen LogP contribution in [0.25, 0.3) is 0 Å². The van der Waals surface area contributed by atoms with Crippen LogP contribution in [-0.4, -0.2) is 18.4 Å². The van der Waals surface area contributed by atoms with Crippen LogP contribution in [-0.2, 0) is 9.53 Å². The van der Waals surface area contributed by atoms with Gasteiger partial charge >= 0.3 is 5.97 Å². The van der Waals surface area contributed by atoms with Gasteiger partial charge < -0.3 is 4.74 Å². The number of esters is 1. The van der Waals surface area contributed by atoms with Crippen molar-refractivity contribution in [3.8, 4) is 0 Å². The van der Waals surface area contributed by atoms with E-state index in [2.05, 4.69) is 0 Å². The summed E-state index contributed by atoms with van der Waals surface area (Å²) in [6.07, 6.45) is 7.02. The Morgan fingerprint density at radius 3 is 2.21 bits per heavy atom. The maximum Gasteiger partial charge on any atom is 0.338 e. The van der Waals surface area contributed by atoms with Crippen LogP contribution in [0.5, 0.6) is 0 Å². The van der Waals surface area contributed by atoms with Gasteiger partial charge in [-0.15, -0.1) is 0 Å². The Bertz CT molecular complexity index is 653. The van der Waals surface area contributed by atoms with Crippen molar-refractivity contribution < 1.29 is 14.3 Å². The van der Waals surface area contributed by atoms with E-state index in [1.165, 1.54) is 19.3 Å². The van der Waals surface area contributed by atoms with Crippen LogP contribution in [0, 0.1) is 37.0 Å². The lowest BCUT2D eigenvalue weighted by Gasteiger charge is -2.55. The van der Waals surface area contributed by atoms with Crippen molar-refractivity contribution in [2.45, 2.75) is 52.4 Å². The molecule has 0 N–H and O–H groups in total. The number of aryl methyl sites for hydroxylation is 1. The van der Waals surface area contributed by atoms with Gasteiger partial charge in [-0.05, 0) is 87.3 Å². The molecule has 128 valence electrons. The van der Waals surface area contributed by atoms with Crippen LogP contribution in [0.2, 0.25) is 0 Å². The Balaban J connectivity index is 1.43. The Morgan fingerprint density at radius 2 is 1.62 bits per heavy atom. The molecule has 1 aromatic rings. The molecule has 0 heterocycles.